The topological polar surface area (TPSA) is 69.6 Å². The summed E-state index contributed by atoms with van der Waals surface area (Å²) >= 11 is 0. The molecule has 0 saturated heterocycles. The summed E-state index contributed by atoms with van der Waals surface area (Å²) in [5.41, 5.74) is 3.78. The molecule has 0 aliphatic carbocycles. The number of ether oxygens (including phenoxy) is 1. The largest absolute Gasteiger partial charge is 1.00 e. The number of hydrogen-bond acceptors (Lipinski definition) is 4. The van der Waals surface area contributed by atoms with Gasteiger partial charge >= 0.3 is 29.6 Å². The number of carbonyl (C=O) groups is 1. The predicted octanol–water partition coefficient (Wildman–Crippen LogP) is 1.50. The number of rotatable bonds is 4. The van der Waals surface area contributed by atoms with Crippen molar-refractivity contribution in [2.45, 2.75) is 72.1 Å². The maximum Gasteiger partial charge on any atom is 1.00 e. The molecule has 1 unspecified atom stereocenters. The van der Waals surface area contributed by atoms with E-state index in [9.17, 15) is 15.0 Å². The molecule has 0 aromatic heterocycles. The third-order valence-corrected chi connectivity index (χ3v) is 5.38. The summed E-state index contributed by atoms with van der Waals surface area (Å²) in [6, 6.07) is 7.38. The van der Waals surface area contributed by atoms with Gasteiger partial charge in [0.1, 0.15) is 11.5 Å². The average molecular weight is 421 g/mol. The van der Waals surface area contributed by atoms with Crippen molar-refractivity contribution in [3.8, 4) is 11.5 Å². The number of aryl methyl sites for hydroxylation is 2. The minimum Gasteiger partial charge on any atom is -0.549 e. The number of phenolic OH excluding ortho intramolecular Hbond substituents is 1. The maximum absolute atomic E-state index is 12.3. The minimum absolute atomic E-state index is 0. The van der Waals surface area contributed by atoms with E-state index in [0.29, 0.717) is 11.1 Å². The molecule has 0 aliphatic rings. The van der Waals surface area contributed by atoms with Crippen LogP contribution in [-0.4, -0.2) is 18.2 Å². The first-order chi connectivity index (χ1) is 13.2. The molecule has 0 fully saturated rings. The zero-order valence-electron chi connectivity index (χ0n) is 20.1. The van der Waals surface area contributed by atoms with E-state index < -0.39 is 11.9 Å². The Morgan fingerprint density at radius 3 is 1.83 bits per heavy atom. The molecule has 2 rings (SSSR count). The van der Waals surface area contributed by atoms with Gasteiger partial charge in [-0.15, -0.1) is 0 Å². The minimum atomic E-state index is -1.24. The van der Waals surface area contributed by atoms with Crippen molar-refractivity contribution in [2.24, 2.45) is 0 Å². The van der Waals surface area contributed by atoms with Crippen molar-refractivity contribution < 1.29 is 49.3 Å². The molecule has 0 amide bonds. The second-order valence-electron chi connectivity index (χ2n) is 9.90. The molecule has 0 radical (unpaired) electrons. The summed E-state index contributed by atoms with van der Waals surface area (Å²) in [5, 5.41) is 23.4. The van der Waals surface area contributed by atoms with Crippen LogP contribution in [0.15, 0.2) is 24.3 Å². The van der Waals surface area contributed by atoms with Gasteiger partial charge in [0.15, 0.2) is 0 Å². The molecule has 4 nitrogen and oxygen atoms in total. The molecule has 0 spiro atoms. The van der Waals surface area contributed by atoms with E-state index in [-0.39, 0.29) is 46.1 Å². The Morgan fingerprint density at radius 2 is 1.47 bits per heavy atom. The van der Waals surface area contributed by atoms with Crippen molar-refractivity contribution in [3.05, 3.63) is 57.6 Å². The van der Waals surface area contributed by atoms with Gasteiger partial charge in [0.25, 0.3) is 0 Å². The molecule has 30 heavy (non-hydrogen) atoms. The standard InChI is InChI=1S/C25H34O4.Na/c1-14-10-16(11-15(2)22(14)29-9)20(23(27)28)18-12-17(24(3,4)5)13-19(21(18)26)25(6,7)8;/h10-13,20,26H,1-9H3,(H,27,28);/q;+1/p-1. The fourth-order valence-electron chi connectivity index (χ4n) is 3.80. The van der Waals surface area contributed by atoms with Crippen LogP contribution in [0.3, 0.4) is 0 Å². The number of carbonyl (C=O) groups excluding carboxylic acids is 1. The van der Waals surface area contributed by atoms with Gasteiger partial charge in [-0.25, -0.2) is 0 Å². The second-order valence-corrected chi connectivity index (χ2v) is 9.90. The van der Waals surface area contributed by atoms with Gasteiger partial charge in [-0.1, -0.05) is 65.8 Å². The van der Waals surface area contributed by atoms with Crippen molar-refractivity contribution in [2.75, 3.05) is 7.11 Å². The number of phenols is 1. The van der Waals surface area contributed by atoms with Crippen LogP contribution < -0.4 is 39.4 Å². The van der Waals surface area contributed by atoms with E-state index in [1.54, 1.807) is 25.3 Å². The number of methoxy groups -OCH3 is 1. The zero-order valence-corrected chi connectivity index (χ0v) is 22.1. The predicted molar refractivity (Wildman–Crippen MR) is 115 cm³/mol. The molecule has 5 heteroatoms. The summed E-state index contributed by atoms with van der Waals surface area (Å²) < 4.78 is 5.42. The molecule has 0 heterocycles. The Morgan fingerprint density at radius 1 is 0.967 bits per heavy atom. The summed E-state index contributed by atoms with van der Waals surface area (Å²) in [4.78, 5) is 12.3. The van der Waals surface area contributed by atoms with Crippen LogP contribution in [0.4, 0.5) is 0 Å². The van der Waals surface area contributed by atoms with Crippen LogP contribution >= 0.6 is 0 Å². The third kappa shape index (κ3) is 5.40. The van der Waals surface area contributed by atoms with E-state index in [4.69, 9.17) is 4.74 Å². The number of aliphatic carboxylic acids is 1. The molecule has 0 aliphatic heterocycles. The van der Waals surface area contributed by atoms with Crippen molar-refractivity contribution in [1.29, 1.82) is 0 Å². The van der Waals surface area contributed by atoms with Gasteiger partial charge in [0.2, 0.25) is 0 Å². The number of benzene rings is 2. The SMILES string of the molecule is COc1c(C)cc(C(C(=O)[O-])c2cc(C(C)(C)C)cc(C(C)(C)C)c2O)cc1C.[Na+]. The molecule has 158 valence electrons. The van der Waals surface area contributed by atoms with Crippen LogP contribution in [0.5, 0.6) is 11.5 Å². The monoisotopic (exact) mass is 420 g/mol. The summed E-state index contributed by atoms with van der Waals surface area (Å²) in [6.45, 7) is 16.0. The second kappa shape index (κ2) is 9.33. The molecule has 1 atom stereocenters. The van der Waals surface area contributed by atoms with Gasteiger partial charge in [-0.05, 0) is 52.5 Å². The first kappa shape index (κ1) is 26.5. The number of carboxylic acids is 1. The number of aromatic hydroxyl groups is 1. The average Bonchev–Trinajstić information content (AvgIpc) is 2.53. The fourth-order valence-corrected chi connectivity index (χ4v) is 3.80. The van der Waals surface area contributed by atoms with Crippen LogP contribution in [0.2, 0.25) is 0 Å². The van der Waals surface area contributed by atoms with Crippen molar-refractivity contribution >= 4 is 5.97 Å². The van der Waals surface area contributed by atoms with Gasteiger partial charge in [0.05, 0.1) is 19.0 Å². The van der Waals surface area contributed by atoms with E-state index in [1.165, 1.54) is 0 Å². The number of carboxylic acid groups (broad SMARTS) is 1. The Labute approximate surface area is 203 Å². The van der Waals surface area contributed by atoms with Crippen molar-refractivity contribution in [3.63, 3.8) is 0 Å². The molecule has 2 aromatic carbocycles. The molecular weight excluding hydrogens is 387 g/mol. The number of hydrogen-bond donors (Lipinski definition) is 1. The molecule has 0 bridgehead atoms. The quantitative estimate of drug-likeness (QED) is 0.761. The van der Waals surface area contributed by atoms with E-state index in [1.807, 2.05) is 40.7 Å². The normalized spacial score (nSPS) is 12.8. The molecular formula is C25H33NaO4. The van der Waals surface area contributed by atoms with Gasteiger partial charge in [-0.2, -0.15) is 0 Å². The first-order valence-corrected chi connectivity index (χ1v) is 9.92. The van der Waals surface area contributed by atoms with E-state index in [0.717, 1.165) is 28.0 Å². The summed E-state index contributed by atoms with van der Waals surface area (Å²) in [5.74, 6) is -1.57. The third-order valence-electron chi connectivity index (χ3n) is 5.38. The maximum atomic E-state index is 12.3. The van der Waals surface area contributed by atoms with E-state index >= 15 is 0 Å². The van der Waals surface area contributed by atoms with Crippen LogP contribution in [-0.2, 0) is 15.6 Å². The summed E-state index contributed by atoms with van der Waals surface area (Å²) in [6.07, 6.45) is 0. The molecule has 1 N–H and O–H groups in total. The zero-order chi connectivity index (χ0) is 22.3. The van der Waals surface area contributed by atoms with Crippen LogP contribution in [0.1, 0.15) is 80.8 Å². The Balaban J connectivity index is 0.00000450. The Bertz CT molecular complexity index is 910. The first-order valence-electron chi connectivity index (χ1n) is 9.92. The fraction of sp³-hybridized carbons (Fsp3) is 0.480. The molecule has 2 aromatic rings. The van der Waals surface area contributed by atoms with E-state index in [2.05, 4.69) is 20.8 Å². The molecule has 0 saturated carbocycles. The van der Waals surface area contributed by atoms with Crippen LogP contribution in [0.25, 0.3) is 0 Å². The Hall–Kier alpha value is -1.49. The van der Waals surface area contributed by atoms with Crippen LogP contribution in [0, 0.1) is 13.8 Å². The van der Waals surface area contributed by atoms with Gasteiger partial charge in [-0.3, -0.25) is 0 Å². The Kier molecular flexibility index (Phi) is 8.26. The smallest absolute Gasteiger partial charge is 0.549 e. The summed E-state index contributed by atoms with van der Waals surface area (Å²) in [7, 11) is 1.60. The van der Waals surface area contributed by atoms with Gasteiger partial charge in [0, 0.05) is 5.56 Å². The van der Waals surface area contributed by atoms with Gasteiger partial charge < -0.3 is 19.7 Å². The van der Waals surface area contributed by atoms with Crippen molar-refractivity contribution in [1.82, 2.24) is 0 Å².